The number of aryl methyl sites for hydroxylation is 1. The van der Waals surface area contributed by atoms with Crippen molar-refractivity contribution in [2.75, 3.05) is 13.7 Å². The number of amides is 1. The molecule has 0 radical (unpaired) electrons. The van der Waals surface area contributed by atoms with Crippen molar-refractivity contribution in [3.63, 3.8) is 0 Å². The minimum Gasteiger partial charge on any atom is -0.468 e. The number of benzene rings is 2. The molecule has 2 aromatic carbocycles. The summed E-state index contributed by atoms with van der Waals surface area (Å²) in [5, 5.41) is 8.40. The first kappa shape index (κ1) is 24.0. The molecule has 1 N–H and O–H groups in total. The summed E-state index contributed by atoms with van der Waals surface area (Å²) >= 11 is 6.33. The standard InChI is InChI=1S/C26H29ClN4O3/c1-17-22(18(2)31(29-17)21-10-5-4-6-11-21)14-25(32)28-20-13-24(26(33)34-3)30(16-20)15-19-9-7-8-12-23(19)27/h4-12,20,24H,13-16H2,1-3H3,(H,28,32)/t20-,24-/m0/s1. The third-order valence-corrected chi connectivity index (χ3v) is 6.72. The maximum atomic E-state index is 13.0. The van der Waals surface area contributed by atoms with Crippen molar-refractivity contribution in [1.82, 2.24) is 20.0 Å². The zero-order valence-corrected chi connectivity index (χ0v) is 20.4. The molecule has 0 bridgehead atoms. The van der Waals surface area contributed by atoms with Gasteiger partial charge in [0.2, 0.25) is 5.91 Å². The number of hydrogen-bond acceptors (Lipinski definition) is 5. The summed E-state index contributed by atoms with van der Waals surface area (Å²) in [5.41, 5.74) is 4.58. The van der Waals surface area contributed by atoms with E-state index in [1.54, 1.807) is 0 Å². The fraction of sp³-hybridized carbons (Fsp3) is 0.346. The molecule has 1 amide bonds. The molecule has 2 heterocycles. The zero-order chi connectivity index (χ0) is 24.2. The molecule has 0 saturated carbocycles. The van der Waals surface area contributed by atoms with E-state index in [0.29, 0.717) is 24.5 Å². The smallest absolute Gasteiger partial charge is 0.323 e. The quantitative estimate of drug-likeness (QED) is 0.523. The van der Waals surface area contributed by atoms with E-state index in [1.165, 1.54) is 7.11 Å². The highest BCUT2D eigenvalue weighted by Gasteiger charge is 2.38. The summed E-state index contributed by atoms with van der Waals surface area (Å²) in [7, 11) is 1.39. The number of hydrogen-bond donors (Lipinski definition) is 1. The summed E-state index contributed by atoms with van der Waals surface area (Å²) < 4.78 is 6.89. The molecule has 1 aliphatic heterocycles. The Balaban J connectivity index is 1.44. The predicted molar refractivity (Wildman–Crippen MR) is 131 cm³/mol. The van der Waals surface area contributed by atoms with Gasteiger partial charge in [0, 0.05) is 35.4 Å². The number of ether oxygens (including phenoxy) is 1. The Hall–Kier alpha value is -3.16. The number of likely N-dealkylation sites (tertiary alicyclic amines) is 1. The van der Waals surface area contributed by atoms with Crippen molar-refractivity contribution in [2.45, 2.75) is 45.3 Å². The lowest BCUT2D eigenvalue weighted by atomic mass is 10.1. The van der Waals surface area contributed by atoms with Crippen LogP contribution < -0.4 is 5.32 Å². The molecule has 1 saturated heterocycles. The summed E-state index contributed by atoms with van der Waals surface area (Å²) in [4.78, 5) is 27.4. The average Bonchev–Trinajstić information content (AvgIpc) is 3.35. The molecule has 7 nitrogen and oxygen atoms in total. The molecule has 3 aromatic rings. The number of nitrogens with one attached hydrogen (secondary N) is 1. The molecule has 4 rings (SSSR count). The largest absolute Gasteiger partial charge is 0.468 e. The fourth-order valence-electron chi connectivity index (χ4n) is 4.60. The minimum absolute atomic E-state index is 0.0907. The van der Waals surface area contributed by atoms with Gasteiger partial charge in [0.15, 0.2) is 0 Å². The van der Waals surface area contributed by atoms with E-state index in [1.807, 2.05) is 78.0 Å². The Bertz CT molecular complexity index is 1180. The molecular formula is C26H29ClN4O3. The number of halogens is 1. The molecule has 2 atom stereocenters. The topological polar surface area (TPSA) is 76.5 Å². The van der Waals surface area contributed by atoms with Crippen LogP contribution in [0.15, 0.2) is 54.6 Å². The molecule has 1 aromatic heterocycles. The van der Waals surface area contributed by atoms with Crippen LogP contribution in [-0.4, -0.2) is 52.3 Å². The van der Waals surface area contributed by atoms with Gasteiger partial charge in [0.25, 0.3) is 0 Å². The number of aromatic nitrogens is 2. The lowest BCUT2D eigenvalue weighted by Crippen LogP contribution is -2.38. The van der Waals surface area contributed by atoms with Crippen molar-refractivity contribution in [3.05, 3.63) is 82.1 Å². The summed E-state index contributed by atoms with van der Waals surface area (Å²) in [6.07, 6.45) is 0.721. The van der Waals surface area contributed by atoms with E-state index in [-0.39, 0.29) is 24.3 Å². The Morgan fingerprint density at radius 3 is 2.53 bits per heavy atom. The number of carbonyl (C=O) groups is 2. The third-order valence-electron chi connectivity index (χ3n) is 6.35. The van der Waals surface area contributed by atoms with Crippen molar-refractivity contribution in [1.29, 1.82) is 0 Å². The summed E-state index contributed by atoms with van der Waals surface area (Å²) in [5.74, 6) is -0.397. The van der Waals surface area contributed by atoms with Crippen LogP contribution in [-0.2, 0) is 27.3 Å². The highest BCUT2D eigenvalue weighted by Crippen LogP contribution is 2.25. The predicted octanol–water partition coefficient (Wildman–Crippen LogP) is 3.62. The maximum Gasteiger partial charge on any atom is 0.323 e. The van der Waals surface area contributed by atoms with Gasteiger partial charge in [-0.2, -0.15) is 5.10 Å². The zero-order valence-electron chi connectivity index (χ0n) is 19.6. The molecule has 1 fully saturated rings. The van der Waals surface area contributed by atoms with E-state index in [2.05, 4.69) is 10.4 Å². The van der Waals surface area contributed by atoms with Crippen LogP contribution in [0.25, 0.3) is 5.69 Å². The Kier molecular flexibility index (Phi) is 7.34. The lowest BCUT2D eigenvalue weighted by molar-refractivity contribution is -0.146. The van der Waals surface area contributed by atoms with Crippen LogP contribution in [0.5, 0.6) is 0 Å². The number of nitrogens with zero attached hydrogens (tertiary/aromatic N) is 3. The van der Waals surface area contributed by atoms with Gasteiger partial charge in [0.05, 0.1) is 24.9 Å². The Morgan fingerprint density at radius 1 is 1.12 bits per heavy atom. The fourth-order valence-corrected chi connectivity index (χ4v) is 4.80. The van der Waals surface area contributed by atoms with E-state index in [9.17, 15) is 9.59 Å². The van der Waals surface area contributed by atoms with Crippen LogP contribution in [0.2, 0.25) is 5.02 Å². The van der Waals surface area contributed by atoms with Gasteiger partial charge in [0.1, 0.15) is 6.04 Å². The first-order valence-corrected chi connectivity index (χ1v) is 11.7. The second kappa shape index (κ2) is 10.4. The van der Waals surface area contributed by atoms with Crippen molar-refractivity contribution in [2.24, 2.45) is 0 Å². The van der Waals surface area contributed by atoms with Crippen LogP contribution in [0.4, 0.5) is 0 Å². The number of methoxy groups -OCH3 is 1. The molecule has 178 valence electrons. The molecule has 0 aliphatic carbocycles. The van der Waals surface area contributed by atoms with E-state index in [4.69, 9.17) is 16.3 Å². The van der Waals surface area contributed by atoms with E-state index < -0.39 is 6.04 Å². The molecule has 34 heavy (non-hydrogen) atoms. The lowest BCUT2D eigenvalue weighted by Gasteiger charge is -2.22. The second-order valence-corrected chi connectivity index (χ2v) is 9.04. The summed E-state index contributed by atoms with van der Waals surface area (Å²) in [6.45, 7) is 4.94. The first-order chi connectivity index (χ1) is 16.4. The van der Waals surface area contributed by atoms with Gasteiger partial charge in [-0.1, -0.05) is 48.0 Å². The van der Waals surface area contributed by atoms with Crippen LogP contribution >= 0.6 is 11.6 Å². The molecule has 1 aliphatic rings. The van der Waals surface area contributed by atoms with Crippen molar-refractivity contribution < 1.29 is 14.3 Å². The molecule has 0 unspecified atom stereocenters. The number of rotatable bonds is 7. The van der Waals surface area contributed by atoms with Crippen LogP contribution in [0.1, 0.15) is 28.9 Å². The first-order valence-electron chi connectivity index (χ1n) is 11.3. The highest BCUT2D eigenvalue weighted by molar-refractivity contribution is 6.31. The number of esters is 1. The Morgan fingerprint density at radius 2 is 1.82 bits per heavy atom. The molecule has 8 heteroatoms. The number of para-hydroxylation sites is 1. The molecular weight excluding hydrogens is 452 g/mol. The normalized spacial score (nSPS) is 18.1. The third kappa shape index (κ3) is 5.16. The maximum absolute atomic E-state index is 13.0. The van der Waals surface area contributed by atoms with Crippen LogP contribution in [0.3, 0.4) is 0 Å². The van der Waals surface area contributed by atoms with Crippen molar-refractivity contribution >= 4 is 23.5 Å². The monoisotopic (exact) mass is 480 g/mol. The molecule has 0 spiro atoms. The number of carbonyl (C=O) groups excluding carboxylic acids is 2. The second-order valence-electron chi connectivity index (χ2n) is 8.63. The van der Waals surface area contributed by atoms with E-state index in [0.717, 1.165) is 28.2 Å². The minimum atomic E-state index is -0.434. The van der Waals surface area contributed by atoms with Gasteiger partial charge in [-0.15, -0.1) is 0 Å². The Labute approximate surface area is 204 Å². The van der Waals surface area contributed by atoms with Gasteiger partial charge in [-0.25, -0.2) is 4.68 Å². The van der Waals surface area contributed by atoms with Crippen LogP contribution in [0, 0.1) is 13.8 Å². The highest BCUT2D eigenvalue weighted by atomic mass is 35.5. The van der Waals surface area contributed by atoms with Gasteiger partial charge >= 0.3 is 5.97 Å². The average molecular weight is 481 g/mol. The van der Waals surface area contributed by atoms with Crippen molar-refractivity contribution in [3.8, 4) is 5.69 Å². The summed E-state index contributed by atoms with van der Waals surface area (Å²) in [6, 6.07) is 16.8. The van der Waals surface area contributed by atoms with Gasteiger partial charge < -0.3 is 10.1 Å². The SMILES string of the molecule is COC(=O)[C@@H]1C[C@H](NC(=O)Cc2c(C)nn(-c3ccccc3)c2C)CN1Cc1ccccc1Cl. The van der Waals surface area contributed by atoms with E-state index >= 15 is 0 Å². The van der Waals surface area contributed by atoms with Gasteiger partial charge in [-0.05, 0) is 44.0 Å². The van der Waals surface area contributed by atoms with Gasteiger partial charge in [-0.3, -0.25) is 14.5 Å².